The fourth-order valence-corrected chi connectivity index (χ4v) is 0.500. The molecule has 1 atom stereocenters. The largest absolute Gasteiger partial charge is 0.378 e. The molecule has 0 fully saturated rings. The molecule has 0 saturated heterocycles. The molecule has 0 aliphatic rings. The minimum atomic E-state index is 0.288. The molecule has 0 aliphatic carbocycles. The third-order valence-corrected chi connectivity index (χ3v) is 1.64. The van der Waals surface area contributed by atoms with Crippen LogP contribution in [0, 0.1) is 5.41 Å². The zero-order chi connectivity index (χ0) is 7.49. The number of hydrogen-bond donors (Lipinski definition) is 0. The van der Waals surface area contributed by atoms with Crippen LogP contribution in [-0.4, -0.2) is 12.7 Å². The quantitative estimate of drug-likeness (QED) is 0.558. The summed E-state index contributed by atoms with van der Waals surface area (Å²) in [5.74, 6) is 0. The number of rotatable bonds is 2. The van der Waals surface area contributed by atoms with Crippen LogP contribution in [-0.2, 0) is 4.74 Å². The summed E-state index contributed by atoms with van der Waals surface area (Å²) in [5.41, 5.74) is 0.288. The van der Waals surface area contributed by atoms with Crippen molar-refractivity contribution in [3.05, 3.63) is 0 Å². The van der Waals surface area contributed by atoms with Crippen molar-refractivity contribution in [1.82, 2.24) is 0 Å². The summed E-state index contributed by atoms with van der Waals surface area (Å²) in [7, 11) is 0. The highest BCUT2D eigenvalue weighted by atomic mass is 16.5. The van der Waals surface area contributed by atoms with Crippen LogP contribution < -0.4 is 0 Å². The van der Waals surface area contributed by atoms with Gasteiger partial charge in [0.15, 0.2) is 0 Å². The predicted molar refractivity (Wildman–Crippen MR) is 40.5 cm³/mol. The normalized spacial score (nSPS) is 15.7. The third-order valence-electron chi connectivity index (χ3n) is 1.64. The SMILES string of the molecule is CCOC(C)C(C)(C)C. The van der Waals surface area contributed by atoms with E-state index in [-0.39, 0.29) is 5.41 Å². The van der Waals surface area contributed by atoms with Crippen LogP contribution in [0.3, 0.4) is 0 Å². The van der Waals surface area contributed by atoms with Crippen LogP contribution in [0.25, 0.3) is 0 Å². The lowest BCUT2D eigenvalue weighted by atomic mass is 9.90. The molecule has 1 nitrogen and oxygen atoms in total. The van der Waals surface area contributed by atoms with Crippen molar-refractivity contribution in [3.63, 3.8) is 0 Å². The topological polar surface area (TPSA) is 9.23 Å². The molecule has 56 valence electrons. The second-order valence-electron chi connectivity index (χ2n) is 3.46. The zero-order valence-corrected chi connectivity index (χ0v) is 7.19. The van der Waals surface area contributed by atoms with Gasteiger partial charge in [-0.25, -0.2) is 0 Å². The molecule has 0 heterocycles. The fraction of sp³-hybridized carbons (Fsp3) is 1.00. The Labute approximate surface area is 58.4 Å². The molecule has 0 saturated carbocycles. The molecule has 0 amide bonds. The van der Waals surface area contributed by atoms with Crippen molar-refractivity contribution in [2.75, 3.05) is 6.61 Å². The Balaban J connectivity index is 3.59. The summed E-state index contributed by atoms with van der Waals surface area (Å²) in [6, 6.07) is 0. The van der Waals surface area contributed by atoms with Gasteiger partial charge >= 0.3 is 0 Å². The minimum Gasteiger partial charge on any atom is -0.378 e. The molecule has 0 rings (SSSR count). The van der Waals surface area contributed by atoms with Gasteiger partial charge in [-0.2, -0.15) is 0 Å². The highest BCUT2D eigenvalue weighted by molar-refractivity contribution is 4.68. The molecular weight excluding hydrogens is 112 g/mol. The molecule has 1 heteroatoms. The van der Waals surface area contributed by atoms with E-state index in [1.807, 2.05) is 6.92 Å². The Kier molecular flexibility index (Phi) is 3.20. The van der Waals surface area contributed by atoms with E-state index in [0.717, 1.165) is 6.61 Å². The fourth-order valence-electron chi connectivity index (χ4n) is 0.500. The van der Waals surface area contributed by atoms with Gasteiger partial charge in [0.1, 0.15) is 0 Å². The molecular formula is C8H18O. The van der Waals surface area contributed by atoms with Gasteiger partial charge in [0, 0.05) is 6.61 Å². The summed E-state index contributed by atoms with van der Waals surface area (Å²) in [5, 5.41) is 0. The number of hydrogen-bond acceptors (Lipinski definition) is 1. The molecule has 0 bridgehead atoms. The van der Waals surface area contributed by atoms with Gasteiger partial charge in [-0.3, -0.25) is 0 Å². The van der Waals surface area contributed by atoms with Crippen molar-refractivity contribution >= 4 is 0 Å². The summed E-state index contributed by atoms with van der Waals surface area (Å²) >= 11 is 0. The van der Waals surface area contributed by atoms with Gasteiger partial charge in [-0.1, -0.05) is 20.8 Å². The molecule has 0 aromatic rings. The van der Waals surface area contributed by atoms with Gasteiger partial charge < -0.3 is 4.74 Å². The Morgan fingerprint density at radius 2 is 1.78 bits per heavy atom. The monoisotopic (exact) mass is 130 g/mol. The van der Waals surface area contributed by atoms with E-state index in [1.165, 1.54) is 0 Å². The Morgan fingerprint density at radius 3 is 1.89 bits per heavy atom. The lowest BCUT2D eigenvalue weighted by Crippen LogP contribution is -2.25. The lowest BCUT2D eigenvalue weighted by molar-refractivity contribution is 0.00224. The van der Waals surface area contributed by atoms with Gasteiger partial charge in [0.25, 0.3) is 0 Å². The van der Waals surface area contributed by atoms with E-state index in [9.17, 15) is 0 Å². The van der Waals surface area contributed by atoms with Gasteiger partial charge in [0.05, 0.1) is 6.10 Å². The van der Waals surface area contributed by atoms with Crippen LogP contribution in [0.1, 0.15) is 34.6 Å². The summed E-state index contributed by atoms with van der Waals surface area (Å²) in [6.07, 6.45) is 0.363. The van der Waals surface area contributed by atoms with Gasteiger partial charge in [-0.05, 0) is 19.3 Å². The Hall–Kier alpha value is -0.0400. The maximum Gasteiger partial charge on any atom is 0.0595 e. The summed E-state index contributed by atoms with van der Waals surface area (Å²) < 4.78 is 5.41. The van der Waals surface area contributed by atoms with E-state index < -0.39 is 0 Å². The maximum absolute atomic E-state index is 5.41. The Bertz CT molecular complexity index is 71.1. The van der Waals surface area contributed by atoms with Crippen LogP contribution in [0.2, 0.25) is 0 Å². The second-order valence-corrected chi connectivity index (χ2v) is 3.46. The van der Waals surface area contributed by atoms with Crippen molar-refractivity contribution in [1.29, 1.82) is 0 Å². The maximum atomic E-state index is 5.41. The van der Waals surface area contributed by atoms with Crippen LogP contribution in [0.15, 0.2) is 0 Å². The molecule has 9 heavy (non-hydrogen) atoms. The molecule has 0 spiro atoms. The molecule has 1 unspecified atom stereocenters. The zero-order valence-electron chi connectivity index (χ0n) is 7.19. The van der Waals surface area contributed by atoms with Crippen LogP contribution in [0.4, 0.5) is 0 Å². The average molecular weight is 130 g/mol. The minimum absolute atomic E-state index is 0.288. The lowest BCUT2D eigenvalue weighted by Gasteiger charge is -2.26. The Morgan fingerprint density at radius 1 is 1.33 bits per heavy atom. The second kappa shape index (κ2) is 3.21. The van der Waals surface area contributed by atoms with Crippen molar-refractivity contribution in [3.8, 4) is 0 Å². The first-order chi connectivity index (χ1) is 3.98. The highest BCUT2D eigenvalue weighted by Crippen LogP contribution is 2.20. The first-order valence-electron chi connectivity index (χ1n) is 3.60. The highest BCUT2D eigenvalue weighted by Gasteiger charge is 2.19. The van der Waals surface area contributed by atoms with Crippen molar-refractivity contribution in [2.45, 2.75) is 40.7 Å². The van der Waals surface area contributed by atoms with Crippen LogP contribution in [0.5, 0.6) is 0 Å². The summed E-state index contributed by atoms with van der Waals surface area (Å²) in [4.78, 5) is 0. The van der Waals surface area contributed by atoms with E-state index in [0.29, 0.717) is 6.10 Å². The molecule has 0 aliphatic heterocycles. The summed E-state index contributed by atoms with van der Waals surface area (Å²) in [6.45, 7) is 11.5. The molecule has 0 radical (unpaired) electrons. The standard InChI is InChI=1S/C8H18O/c1-6-9-7(2)8(3,4)5/h7H,6H2,1-5H3. The molecule has 0 N–H and O–H groups in total. The first-order valence-corrected chi connectivity index (χ1v) is 3.60. The smallest absolute Gasteiger partial charge is 0.0595 e. The van der Waals surface area contributed by atoms with E-state index in [1.54, 1.807) is 0 Å². The van der Waals surface area contributed by atoms with E-state index >= 15 is 0 Å². The first kappa shape index (κ1) is 8.96. The van der Waals surface area contributed by atoms with E-state index in [4.69, 9.17) is 4.74 Å². The molecule has 0 aromatic carbocycles. The average Bonchev–Trinajstić information content (AvgIpc) is 1.64. The van der Waals surface area contributed by atoms with Crippen molar-refractivity contribution < 1.29 is 4.74 Å². The van der Waals surface area contributed by atoms with Crippen LogP contribution >= 0.6 is 0 Å². The van der Waals surface area contributed by atoms with E-state index in [2.05, 4.69) is 27.7 Å². The predicted octanol–water partition coefficient (Wildman–Crippen LogP) is 2.46. The van der Waals surface area contributed by atoms with Gasteiger partial charge in [-0.15, -0.1) is 0 Å². The molecule has 0 aromatic heterocycles. The van der Waals surface area contributed by atoms with Gasteiger partial charge in [0.2, 0.25) is 0 Å². The van der Waals surface area contributed by atoms with Crippen molar-refractivity contribution in [2.24, 2.45) is 5.41 Å². The number of ether oxygens (including phenoxy) is 1. The third kappa shape index (κ3) is 3.52.